The number of hydrogen-bond donors (Lipinski definition) is 1. The van der Waals surface area contributed by atoms with Crippen LogP contribution in [-0.4, -0.2) is 28.3 Å². The van der Waals surface area contributed by atoms with Crippen molar-refractivity contribution in [2.75, 3.05) is 16.8 Å². The summed E-state index contributed by atoms with van der Waals surface area (Å²) in [5, 5.41) is 2.84. The van der Waals surface area contributed by atoms with E-state index in [2.05, 4.69) is 15.3 Å². The zero-order valence-corrected chi connectivity index (χ0v) is 15.3. The summed E-state index contributed by atoms with van der Waals surface area (Å²) in [5.74, 6) is -0.263. The second kappa shape index (κ2) is 6.87. The van der Waals surface area contributed by atoms with Gasteiger partial charge in [0, 0.05) is 17.9 Å². The third-order valence-electron chi connectivity index (χ3n) is 4.90. The van der Waals surface area contributed by atoms with Gasteiger partial charge in [0.05, 0.1) is 23.5 Å². The van der Waals surface area contributed by atoms with Gasteiger partial charge in [-0.05, 0) is 48.4 Å². The molecule has 2 aromatic heterocycles. The highest BCUT2D eigenvalue weighted by atomic mass is 16.3. The van der Waals surface area contributed by atoms with Gasteiger partial charge in [0.25, 0.3) is 11.8 Å². The monoisotopic (exact) mass is 384 g/mol. The van der Waals surface area contributed by atoms with Crippen LogP contribution in [0, 0.1) is 0 Å². The summed E-state index contributed by atoms with van der Waals surface area (Å²) in [6.07, 6.45) is 3.69. The second-order valence-electron chi connectivity index (χ2n) is 6.73. The smallest absolute Gasteiger partial charge is 0.293 e. The number of amides is 2. The number of fused-ring (bicyclic) bond motifs is 2. The maximum atomic E-state index is 12.7. The SMILES string of the molecule is O=C(Nc1ccc2c(c1)N(C(=O)c1ccco1)CC2)c1cnc2ccccc2n1. The number of carbonyl (C=O) groups excluding carboxylic acids is 2. The number of furan rings is 1. The number of carbonyl (C=O) groups is 2. The molecule has 4 aromatic rings. The molecule has 0 atom stereocenters. The van der Waals surface area contributed by atoms with Crippen molar-refractivity contribution in [2.24, 2.45) is 0 Å². The van der Waals surface area contributed by atoms with Crippen LogP contribution in [0.2, 0.25) is 0 Å². The fourth-order valence-corrected chi connectivity index (χ4v) is 3.46. The van der Waals surface area contributed by atoms with Crippen molar-refractivity contribution in [3.63, 3.8) is 0 Å². The molecular formula is C22H16N4O3. The summed E-state index contributed by atoms with van der Waals surface area (Å²) in [6.45, 7) is 0.572. The Bertz CT molecular complexity index is 1230. The van der Waals surface area contributed by atoms with Crippen molar-refractivity contribution >= 4 is 34.2 Å². The molecule has 0 saturated heterocycles. The number of benzene rings is 2. The van der Waals surface area contributed by atoms with Crippen LogP contribution in [0.4, 0.5) is 11.4 Å². The predicted molar refractivity (Wildman–Crippen MR) is 108 cm³/mol. The zero-order valence-electron chi connectivity index (χ0n) is 15.3. The highest BCUT2D eigenvalue weighted by Crippen LogP contribution is 2.32. The van der Waals surface area contributed by atoms with E-state index in [1.807, 2.05) is 36.4 Å². The maximum Gasteiger partial charge on any atom is 0.293 e. The van der Waals surface area contributed by atoms with Gasteiger partial charge >= 0.3 is 0 Å². The molecule has 0 radical (unpaired) electrons. The number of rotatable bonds is 3. The molecule has 2 amide bonds. The van der Waals surface area contributed by atoms with Gasteiger partial charge in [-0.25, -0.2) is 4.98 Å². The first-order valence-electron chi connectivity index (χ1n) is 9.20. The third-order valence-corrected chi connectivity index (χ3v) is 4.90. The standard InChI is InChI=1S/C22H16N4O3/c27-21(18-13-23-16-4-1-2-5-17(16)25-18)24-15-8-7-14-9-10-26(19(14)12-15)22(28)20-6-3-11-29-20/h1-8,11-13H,9-10H2,(H,24,27). The van der Waals surface area contributed by atoms with Crippen LogP contribution in [-0.2, 0) is 6.42 Å². The Labute approximate surface area is 166 Å². The van der Waals surface area contributed by atoms with Crippen LogP contribution in [0.5, 0.6) is 0 Å². The lowest BCUT2D eigenvalue weighted by Gasteiger charge is -2.17. The van der Waals surface area contributed by atoms with Crippen molar-refractivity contribution in [1.29, 1.82) is 0 Å². The Morgan fingerprint density at radius 2 is 1.90 bits per heavy atom. The molecule has 0 saturated carbocycles. The quantitative estimate of drug-likeness (QED) is 0.582. The van der Waals surface area contributed by atoms with E-state index in [-0.39, 0.29) is 17.5 Å². The second-order valence-corrected chi connectivity index (χ2v) is 6.73. The summed E-state index contributed by atoms with van der Waals surface area (Å²) < 4.78 is 5.23. The number of aromatic nitrogens is 2. The molecule has 7 nitrogen and oxygen atoms in total. The first kappa shape index (κ1) is 17.1. The van der Waals surface area contributed by atoms with Gasteiger partial charge in [-0.1, -0.05) is 18.2 Å². The number of nitrogens with one attached hydrogen (secondary N) is 1. The van der Waals surface area contributed by atoms with E-state index in [1.54, 1.807) is 23.1 Å². The van der Waals surface area contributed by atoms with E-state index in [4.69, 9.17) is 4.42 Å². The van der Waals surface area contributed by atoms with Gasteiger partial charge in [0.1, 0.15) is 5.69 Å². The number of hydrogen-bond acceptors (Lipinski definition) is 5. The van der Waals surface area contributed by atoms with Crippen molar-refractivity contribution < 1.29 is 14.0 Å². The summed E-state index contributed by atoms with van der Waals surface area (Å²) >= 11 is 0. The first-order valence-corrected chi connectivity index (χ1v) is 9.20. The summed E-state index contributed by atoms with van der Waals surface area (Å²) in [6, 6.07) is 16.3. The Morgan fingerprint density at radius 1 is 1.03 bits per heavy atom. The Hall–Kier alpha value is -4.00. The van der Waals surface area contributed by atoms with Gasteiger partial charge in [0.15, 0.2) is 5.76 Å². The molecule has 5 rings (SSSR count). The number of nitrogens with zero attached hydrogens (tertiary/aromatic N) is 3. The molecule has 142 valence electrons. The van der Waals surface area contributed by atoms with Crippen LogP contribution in [0.3, 0.4) is 0 Å². The van der Waals surface area contributed by atoms with E-state index in [1.165, 1.54) is 12.5 Å². The van der Waals surface area contributed by atoms with Gasteiger partial charge in [-0.15, -0.1) is 0 Å². The Morgan fingerprint density at radius 3 is 2.72 bits per heavy atom. The highest BCUT2D eigenvalue weighted by Gasteiger charge is 2.27. The van der Waals surface area contributed by atoms with E-state index in [0.717, 1.165) is 23.2 Å². The number of para-hydroxylation sites is 2. The zero-order chi connectivity index (χ0) is 19.8. The molecule has 0 fully saturated rings. The first-order chi connectivity index (χ1) is 14.2. The van der Waals surface area contributed by atoms with Gasteiger partial charge in [0.2, 0.25) is 0 Å². The average molecular weight is 384 g/mol. The van der Waals surface area contributed by atoms with Crippen LogP contribution < -0.4 is 10.2 Å². The van der Waals surface area contributed by atoms with E-state index in [9.17, 15) is 9.59 Å². The lowest BCUT2D eigenvalue weighted by atomic mass is 10.1. The minimum atomic E-state index is -0.356. The molecule has 0 aliphatic carbocycles. The molecule has 1 N–H and O–H groups in total. The van der Waals surface area contributed by atoms with Gasteiger partial charge < -0.3 is 14.6 Å². The Kier molecular flexibility index (Phi) is 4.05. The van der Waals surface area contributed by atoms with E-state index in [0.29, 0.717) is 23.5 Å². The average Bonchev–Trinajstić information content (AvgIpc) is 3.43. The summed E-state index contributed by atoms with van der Waals surface area (Å²) in [7, 11) is 0. The molecule has 1 aliphatic heterocycles. The van der Waals surface area contributed by atoms with Crippen LogP contribution in [0.15, 0.2) is 71.5 Å². The molecule has 29 heavy (non-hydrogen) atoms. The molecular weight excluding hydrogens is 368 g/mol. The van der Waals surface area contributed by atoms with Crippen molar-refractivity contribution in [3.8, 4) is 0 Å². The summed E-state index contributed by atoms with van der Waals surface area (Å²) in [4.78, 5) is 35.6. The molecule has 0 bridgehead atoms. The van der Waals surface area contributed by atoms with Gasteiger partial charge in [-0.2, -0.15) is 0 Å². The lowest BCUT2D eigenvalue weighted by Crippen LogP contribution is -2.28. The molecule has 0 spiro atoms. The molecule has 1 aliphatic rings. The number of anilines is 2. The predicted octanol–water partition coefficient (Wildman–Crippen LogP) is 3.68. The minimum Gasteiger partial charge on any atom is -0.459 e. The highest BCUT2D eigenvalue weighted by molar-refractivity contribution is 6.07. The van der Waals surface area contributed by atoms with Crippen molar-refractivity contribution in [1.82, 2.24) is 9.97 Å². The summed E-state index contributed by atoms with van der Waals surface area (Å²) in [5.41, 5.74) is 4.02. The topological polar surface area (TPSA) is 88.3 Å². The van der Waals surface area contributed by atoms with E-state index < -0.39 is 0 Å². The normalized spacial score (nSPS) is 12.8. The fourth-order valence-electron chi connectivity index (χ4n) is 3.46. The largest absolute Gasteiger partial charge is 0.459 e. The minimum absolute atomic E-state index is 0.197. The van der Waals surface area contributed by atoms with E-state index >= 15 is 0 Å². The van der Waals surface area contributed by atoms with Crippen LogP contribution >= 0.6 is 0 Å². The van der Waals surface area contributed by atoms with Gasteiger partial charge in [-0.3, -0.25) is 14.6 Å². The van der Waals surface area contributed by atoms with Crippen molar-refractivity contribution in [2.45, 2.75) is 6.42 Å². The van der Waals surface area contributed by atoms with Crippen molar-refractivity contribution in [3.05, 3.63) is 84.1 Å². The maximum absolute atomic E-state index is 12.7. The molecule has 2 aromatic carbocycles. The molecule has 0 unspecified atom stereocenters. The lowest BCUT2D eigenvalue weighted by molar-refractivity contribution is 0.0962. The molecule has 3 heterocycles. The van der Waals surface area contributed by atoms with Crippen LogP contribution in [0.25, 0.3) is 11.0 Å². The molecule has 7 heteroatoms. The van der Waals surface area contributed by atoms with Crippen LogP contribution in [0.1, 0.15) is 26.6 Å². The Balaban J connectivity index is 1.40. The fraction of sp³-hybridized carbons (Fsp3) is 0.0909. The third kappa shape index (κ3) is 3.12.